The van der Waals surface area contributed by atoms with Gasteiger partial charge in [-0.15, -0.1) is 0 Å². The Bertz CT molecular complexity index is 922. The van der Waals surface area contributed by atoms with Crippen molar-refractivity contribution in [2.24, 2.45) is 0 Å². The Morgan fingerprint density at radius 3 is 2.80 bits per heavy atom. The Morgan fingerprint density at radius 1 is 1.28 bits per heavy atom. The van der Waals surface area contributed by atoms with E-state index in [1.807, 2.05) is 17.0 Å². The molecule has 1 aliphatic rings. The smallest absolute Gasteiger partial charge is 0.310 e. The number of thiazole rings is 1. The fourth-order valence-corrected chi connectivity index (χ4v) is 3.82. The number of nitrogens with zero attached hydrogens (tertiary/aromatic N) is 2. The summed E-state index contributed by atoms with van der Waals surface area (Å²) >= 11 is 7.27. The van der Waals surface area contributed by atoms with Crippen molar-refractivity contribution in [2.75, 3.05) is 18.0 Å². The third-order valence-corrected chi connectivity index (χ3v) is 5.35. The van der Waals surface area contributed by atoms with Gasteiger partial charge in [0.1, 0.15) is 11.9 Å². The zero-order chi connectivity index (χ0) is 17.4. The molecule has 25 heavy (non-hydrogen) atoms. The maximum absolute atomic E-state index is 13.2. The van der Waals surface area contributed by atoms with Gasteiger partial charge in [0, 0.05) is 5.02 Å². The Hall–Kier alpha value is -2.18. The summed E-state index contributed by atoms with van der Waals surface area (Å²) in [5.41, 5.74) is 1.66. The maximum atomic E-state index is 13.2. The summed E-state index contributed by atoms with van der Waals surface area (Å²) in [5.74, 6) is -0.515. The van der Waals surface area contributed by atoms with Gasteiger partial charge in [-0.3, -0.25) is 4.79 Å². The molecule has 3 aromatic rings. The van der Waals surface area contributed by atoms with Crippen LogP contribution in [0.4, 0.5) is 9.52 Å². The van der Waals surface area contributed by atoms with E-state index in [0.29, 0.717) is 18.1 Å². The molecule has 0 amide bonds. The molecule has 0 radical (unpaired) electrons. The molecule has 1 aliphatic heterocycles. The van der Waals surface area contributed by atoms with Crippen LogP contribution in [0.25, 0.3) is 10.2 Å². The van der Waals surface area contributed by atoms with Crippen LogP contribution in [-0.2, 0) is 16.0 Å². The Morgan fingerprint density at radius 2 is 2.04 bits per heavy atom. The normalized spacial score (nSPS) is 14.6. The molecule has 4 rings (SSSR count). The van der Waals surface area contributed by atoms with Crippen molar-refractivity contribution in [3.8, 4) is 0 Å². The van der Waals surface area contributed by atoms with Gasteiger partial charge >= 0.3 is 5.97 Å². The molecule has 4 nitrogen and oxygen atoms in total. The second kappa shape index (κ2) is 6.61. The Kier molecular flexibility index (Phi) is 4.31. The molecule has 2 aromatic carbocycles. The van der Waals surface area contributed by atoms with Crippen molar-refractivity contribution in [3.05, 3.63) is 58.9 Å². The largest absolute Gasteiger partial charge is 0.458 e. The van der Waals surface area contributed by atoms with E-state index in [0.717, 1.165) is 20.9 Å². The van der Waals surface area contributed by atoms with Crippen molar-refractivity contribution in [1.29, 1.82) is 0 Å². The van der Waals surface area contributed by atoms with Crippen molar-refractivity contribution in [1.82, 2.24) is 4.98 Å². The molecule has 2 heterocycles. The van der Waals surface area contributed by atoms with Gasteiger partial charge in [-0.25, -0.2) is 9.37 Å². The van der Waals surface area contributed by atoms with Crippen LogP contribution in [-0.4, -0.2) is 30.1 Å². The lowest BCUT2D eigenvalue weighted by atomic mass is 10.1. The lowest BCUT2D eigenvalue weighted by Gasteiger charge is -2.38. The highest BCUT2D eigenvalue weighted by molar-refractivity contribution is 7.22. The predicted octanol–water partition coefficient (Wildman–Crippen LogP) is 4.06. The highest BCUT2D eigenvalue weighted by Gasteiger charge is 2.32. The number of esters is 1. The van der Waals surface area contributed by atoms with Crippen LogP contribution in [0, 0.1) is 5.82 Å². The van der Waals surface area contributed by atoms with E-state index >= 15 is 0 Å². The minimum Gasteiger partial charge on any atom is -0.458 e. The molecule has 0 N–H and O–H groups in total. The van der Waals surface area contributed by atoms with Crippen LogP contribution in [0.2, 0.25) is 5.02 Å². The van der Waals surface area contributed by atoms with Gasteiger partial charge in [-0.05, 0) is 35.9 Å². The summed E-state index contributed by atoms with van der Waals surface area (Å²) < 4.78 is 19.5. The quantitative estimate of drug-likeness (QED) is 0.644. The number of benzene rings is 2. The average Bonchev–Trinajstić information content (AvgIpc) is 2.95. The summed E-state index contributed by atoms with van der Waals surface area (Å²) in [4.78, 5) is 18.5. The van der Waals surface area contributed by atoms with Crippen molar-refractivity contribution in [3.63, 3.8) is 0 Å². The van der Waals surface area contributed by atoms with Gasteiger partial charge < -0.3 is 9.64 Å². The first-order valence-corrected chi connectivity index (χ1v) is 9.01. The second-order valence-electron chi connectivity index (χ2n) is 5.93. The minimum absolute atomic E-state index is 0.136. The van der Waals surface area contributed by atoms with Gasteiger partial charge in [-0.1, -0.05) is 35.1 Å². The van der Waals surface area contributed by atoms with Crippen molar-refractivity contribution in [2.45, 2.75) is 12.5 Å². The highest BCUT2D eigenvalue weighted by Crippen LogP contribution is 2.32. The van der Waals surface area contributed by atoms with Crippen molar-refractivity contribution >= 4 is 44.3 Å². The van der Waals surface area contributed by atoms with Crippen LogP contribution in [0.15, 0.2) is 42.5 Å². The molecule has 1 aromatic heterocycles. The average molecular weight is 377 g/mol. The highest BCUT2D eigenvalue weighted by atomic mass is 35.5. The maximum Gasteiger partial charge on any atom is 0.310 e. The molecule has 0 aliphatic carbocycles. The number of rotatable bonds is 4. The van der Waals surface area contributed by atoms with E-state index in [-0.39, 0.29) is 24.3 Å². The van der Waals surface area contributed by atoms with Crippen LogP contribution in [0.1, 0.15) is 5.56 Å². The third kappa shape index (κ3) is 3.60. The van der Waals surface area contributed by atoms with Crippen molar-refractivity contribution < 1.29 is 13.9 Å². The van der Waals surface area contributed by atoms with Gasteiger partial charge in [0.15, 0.2) is 5.13 Å². The number of carbonyl (C=O) groups is 1. The molecular weight excluding hydrogens is 363 g/mol. The number of hydrogen-bond acceptors (Lipinski definition) is 5. The molecule has 7 heteroatoms. The number of carbonyl (C=O) groups excluding carboxylic acids is 1. The molecule has 0 saturated carbocycles. The van der Waals surface area contributed by atoms with Crippen LogP contribution in [0.5, 0.6) is 0 Å². The monoisotopic (exact) mass is 376 g/mol. The van der Waals surface area contributed by atoms with Crippen LogP contribution in [0.3, 0.4) is 0 Å². The number of ether oxygens (including phenoxy) is 1. The Labute approximate surface area is 152 Å². The predicted molar refractivity (Wildman–Crippen MR) is 96.8 cm³/mol. The molecule has 0 atom stereocenters. The number of anilines is 1. The summed E-state index contributed by atoms with van der Waals surface area (Å²) in [6, 6.07) is 11.7. The summed E-state index contributed by atoms with van der Waals surface area (Å²) in [7, 11) is 0. The molecule has 0 unspecified atom stereocenters. The van der Waals surface area contributed by atoms with E-state index in [2.05, 4.69) is 4.98 Å². The standard InChI is InChI=1S/C18H14ClFN2O2S/c19-12-3-1-11(2-4-12)7-17(23)24-14-9-22(10-14)18-21-15-6-5-13(20)8-16(15)25-18/h1-6,8,14H,7,9-10H2. The SMILES string of the molecule is O=C(Cc1ccc(Cl)cc1)OC1CN(c2nc3ccc(F)cc3s2)C1. The van der Waals surface area contributed by atoms with Crippen LogP contribution >= 0.6 is 22.9 Å². The molecule has 0 bridgehead atoms. The third-order valence-electron chi connectivity index (χ3n) is 4.02. The second-order valence-corrected chi connectivity index (χ2v) is 7.37. The number of aromatic nitrogens is 1. The number of halogens is 2. The van der Waals surface area contributed by atoms with E-state index < -0.39 is 0 Å². The molecular formula is C18H14ClFN2O2S. The van der Waals surface area contributed by atoms with Gasteiger partial charge in [0.25, 0.3) is 0 Å². The van der Waals surface area contributed by atoms with Gasteiger partial charge in [-0.2, -0.15) is 0 Å². The zero-order valence-electron chi connectivity index (χ0n) is 13.1. The molecule has 1 fully saturated rings. The fourth-order valence-electron chi connectivity index (χ4n) is 2.69. The first-order chi connectivity index (χ1) is 12.1. The van der Waals surface area contributed by atoms with E-state index in [4.69, 9.17) is 16.3 Å². The van der Waals surface area contributed by atoms with Gasteiger partial charge in [0.2, 0.25) is 0 Å². The lowest BCUT2D eigenvalue weighted by Crippen LogP contribution is -2.53. The molecule has 0 spiro atoms. The summed E-state index contributed by atoms with van der Waals surface area (Å²) in [6.45, 7) is 1.21. The Balaban J connectivity index is 1.32. The van der Waals surface area contributed by atoms with Gasteiger partial charge in [0.05, 0.1) is 29.7 Å². The minimum atomic E-state index is -0.264. The van der Waals surface area contributed by atoms with Crippen LogP contribution < -0.4 is 4.90 Å². The topological polar surface area (TPSA) is 42.4 Å². The van der Waals surface area contributed by atoms with E-state index in [1.54, 1.807) is 18.2 Å². The first kappa shape index (κ1) is 16.3. The lowest BCUT2D eigenvalue weighted by molar-refractivity contribution is -0.149. The zero-order valence-corrected chi connectivity index (χ0v) is 14.7. The fraction of sp³-hybridized carbons (Fsp3) is 0.222. The molecule has 128 valence electrons. The number of hydrogen-bond donors (Lipinski definition) is 0. The molecule has 1 saturated heterocycles. The number of fused-ring (bicyclic) bond motifs is 1. The summed E-state index contributed by atoms with van der Waals surface area (Å²) in [5, 5.41) is 1.47. The first-order valence-electron chi connectivity index (χ1n) is 7.82. The van der Waals surface area contributed by atoms with E-state index in [9.17, 15) is 9.18 Å². The van der Waals surface area contributed by atoms with E-state index in [1.165, 1.54) is 23.5 Å². The summed E-state index contributed by atoms with van der Waals surface area (Å²) in [6.07, 6.45) is 0.0946.